The fourth-order valence-electron chi connectivity index (χ4n) is 3.08. The van der Waals surface area contributed by atoms with Crippen molar-refractivity contribution in [2.24, 2.45) is 0 Å². The van der Waals surface area contributed by atoms with Gasteiger partial charge in [0.25, 0.3) is 0 Å². The Morgan fingerprint density at radius 1 is 1.21 bits per heavy atom. The number of nitrogens with zero attached hydrogens (tertiary/aromatic N) is 4. The Bertz CT molecular complexity index is 875. The zero-order valence-electron chi connectivity index (χ0n) is 15.1. The quantitative estimate of drug-likeness (QED) is 0.645. The molecule has 1 aliphatic heterocycles. The number of aromatic amines is 1. The molecule has 1 aromatic carbocycles. The number of benzene rings is 1. The summed E-state index contributed by atoms with van der Waals surface area (Å²) in [5, 5.41) is 3.88. The third-order valence-electron chi connectivity index (χ3n) is 4.62. The van der Waals surface area contributed by atoms with E-state index >= 15 is 0 Å². The van der Waals surface area contributed by atoms with Gasteiger partial charge in [-0.25, -0.2) is 9.78 Å². The van der Waals surface area contributed by atoms with E-state index in [0.29, 0.717) is 18.8 Å². The molecule has 3 heterocycles. The largest absolute Gasteiger partial charge is 0.415 e. The van der Waals surface area contributed by atoms with Gasteiger partial charge >= 0.3 is 6.09 Å². The summed E-state index contributed by atoms with van der Waals surface area (Å²) < 4.78 is 5.50. The molecule has 1 aliphatic rings. The minimum absolute atomic E-state index is 0.0390. The van der Waals surface area contributed by atoms with Crippen molar-refractivity contribution in [3.8, 4) is 5.75 Å². The monoisotopic (exact) mass is 399 g/mol. The lowest BCUT2D eigenvalue weighted by Gasteiger charge is -2.30. The predicted molar refractivity (Wildman–Crippen MR) is 105 cm³/mol. The summed E-state index contributed by atoms with van der Waals surface area (Å²) in [5.41, 5.74) is 0.967. The molecule has 2 aromatic heterocycles. The lowest BCUT2D eigenvalue weighted by molar-refractivity contribution is -0.0162. The molecular weight excluding hydrogens is 378 g/mol. The highest BCUT2D eigenvalue weighted by atomic mass is 32.1. The number of imidazole rings is 1. The van der Waals surface area contributed by atoms with Gasteiger partial charge in [-0.05, 0) is 23.8 Å². The summed E-state index contributed by atoms with van der Waals surface area (Å²) in [6.45, 7) is 1.17. The Morgan fingerprint density at radius 2 is 2.00 bits per heavy atom. The van der Waals surface area contributed by atoms with Gasteiger partial charge < -0.3 is 19.5 Å². The van der Waals surface area contributed by atoms with Gasteiger partial charge in [-0.15, -0.1) is 9.94 Å². The maximum Gasteiger partial charge on any atom is 0.415 e. The number of thiol groups is 1. The Kier molecular flexibility index (Phi) is 5.52. The second-order valence-electron chi connectivity index (χ2n) is 6.51. The van der Waals surface area contributed by atoms with E-state index in [2.05, 4.69) is 27.7 Å². The number of H-pyrrole nitrogens is 1. The number of amides is 1. The van der Waals surface area contributed by atoms with E-state index in [-0.39, 0.29) is 17.4 Å². The van der Waals surface area contributed by atoms with Crippen LogP contribution in [0.5, 0.6) is 5.75 Å². The first-order valence-electron chi connectivity index (χ1n) is 9.10. The molecule has 0 spiro atoms. The summed E-state index contributed by atoms with van der Waals surface area (Å²) in [5.74, 6) is 1.27. The van der Waals surface area contributed by atoms with E-state index in [9.17, 15) is 4.79 Å². The summed E-state index contributed by atoms with van der Waals surface area (Å²) in [6, 6.07) is 9.11. The van der Waals surface area contributed by atoms with Gasteiger partial charge in [0.2, 0.25) is 0 Å². The Balaban J connectivity index is 1.28. The van der Waals surface area contributed by atoms with Crippen molar-refractivity contribution < 1.29 is 14.4 Å². The Hall–Kier alpha value is -2.94. The first-order chi connectivity index (χ1) is 13.7. The zero-order chi connectivity index (χ0) is 19.3. The summed E-state index contributed by atoms with van der Waals surface area (Å²) in [4.78, 5) is 28.5. The van der Waals surface area contributed by atoms with Crippen LogP contribution in [0.3, 0.4) is 0 Å². The average Bonchev–Trinajstić information content (AvgIpc) is 3.43. The maximum atomic E-state index is 12.4. The number of aromatic nitrogens is 4. The van der Waals surface area contributed by atoms with E-state index in [1.165, 1.54) is 4.85 Å². The van der Waals surface area contributed by atoms with Gasteiger partial charge in [0.05, 0.1) is 17.6 Å². The van der Waals surface area contributed by atoms with E-state index in [1.54, 1.807) is 41.8 Å². The van der Waals surface area contributed by atoms with Gasteiger partial charge in [0.1, 0.15) is 17.7 Å². The van der Waals surface area contributed by atoms with Crippen LogP contribution in [-0.2, 0) is 0 Å². The number of carbonyl (C=O) groups excluding carboxylic acids is 1. The van der Waals surface area contributed by atoms with Gasteiger partial charge in [-0.1, -0.05) is 12.1 Å². The number of nitrogens with one attached hydrogen (secondary N) is 1. The number of hydrogen-bond acceptors (Lipinski definition) is 6. The molecule has 1 fully saturated rings. The number of carbonyl (C=O) groups is 1. The normalized spacial score (nSPS) is 16.0. The third-order valence-corrected chi connectivity index (χ3v) is 5.16. The second-order valence-corrected chi connectivity index (χ2v) is 7.03. The molecule has 0 aliphatic carbocycles. The SMILES string of the molecule is O=C(Oc1ccc(C(S)c2ncc[nH]2)cc1)N1CCC(On2cccn2)CC1. The van der Waals surface area contributed by atoms with Crippen LogP contribution in [-0.4, -0.2) is 50.1 Å². The number of piperidine rings is 1. The standard InChI is InChI=1S/C19H21N5O3S/c25-19(23-12-6-16(7-13-23)27-24-11-1-8-22-24)26-15-4-2-14(3-5-15)17(28)18-20-9-10-21-18/h1-5,8-11,16-17,28H,6-7,12-13H2,(H,20,21). The van der Waals surface area contributed by atoms with E-state index in [0.717, 1.165) is 24.2 Å². The van der Waals surface area contributed by atoms with Crippen LogP contribution in [0.1, 0.15) is 29.5 Å². The van der Waals surface area contributed by atoms with E-state index in [1.807, 2.05) is 18.2 Å². The zero-order valence-corrected chi connectivity index (χ0v) is 16.0. The summed E-state index contributed by atoms with van der Waals surface area (Å²) in [6.07, 6.45) is 8.04. The van der Waals surface area contributed by atoms with Crippen molar-refractivity contribution in [3.05, 3.63) is 66.5 Å². The highest BCUT2D eigenvalue weighted by Crippen LogP contribution is 2.27. The molecule has 3 aromatic rings. The molecule has 9 heteroatoms. The van der Waals surface area contributed by atoms with Crippen LogP contribution in [0.15, 0.2) is 55.1 Å². The van der Waals surface area contributed by atoms with Crippen LogP contribution < -0.4 is 9.57 Å². The van der Waals surface area contributed by atoms with Gasteiger partial charge in [-0.3, -0.25) is 0 Å². The van der Waals surface area contributed by atoms with Crippen LogP contribution in [0.4, 0.5) is 4.79 Å². The molecule has 1 N–H and O–H groups in total. The van der Waals surface area contributed by atoms with Gasteiger partial charge in [-0.2, -0.15) is 12.6 Å². The average molecular weight is 399 g/mol. The molecule has 0 saturated carbocycles. The third kappa shape index (κ3) is 4.30. The Morgan fingerprint density at radius 3 is 2.64 bits per heavy atom. The molecule has 1 atom stereocenters. The highest BCUT2D eigenvalue weighted by molar-refractivity contribution is 7.80. The maximum absolute atomic E-state index is 12.4. The lowest BCUT2D eigenvalue weighted by atomic mass is 10.1. The van der Waals surface area contributed by atoms with E-state index < -0.39 is 0 Å². The van der Waals surface area contributed by atoms with Crippen LogP contribution in [0.2, 0.25) is 0 Å². The molecule has 1 saturated heterocycles. The second kappa shape index (κ2) is 8.39. The lowest BCUT2D eigenvalue weighted by Crippen LogP contribution is -2.44. The van der Waals surface area contributed by atoms with Crippen molar-refractivity contribution in [2.45, 2.75) is 24.2 Å². The highest BCUT2D eigenvalue weighted by Gasteiger charge is 2.25. The molecule has 28 heavy (non-hydrogen) atoms. The van der Waals surface area contributed by atoms with Crippen molar-refractivity contribution in [1.82, 2.24) is 24.8 Å². The fraction of sp³-hybridized carbons (Fsp3) is 0.316. The fourth-order valence-corrected chi connectivity index (χ4v) is 3.40. The number of likely N-dealkylation sites (tertiary alicyclic amines) is 1. The van der Waals surface area contributed by atoms with Crippen LogP contribution in [0.25, 0.3) is 0 Å². The number of hydrogen-bond donors (Lipinski definition) is 2. The van der Waals surface area contributed by atoms with Crippen LogP contribution >= 0.6 is 12.6 Å². The molecule has 8 nitrogen and oxygen atoms in total. The molecule has 146 valence electrons. The van der Waals surface area contributed by atoms with Gasteiger partial charge in [0.15, 0.2) is 0 Å². The van der Waals surface area contributed by atoms with Crippen molar-refractivity contribution in [2.75, 3.05) is 13.1 Å². The molecule has 1 unspecified atom stereocenters. The minimum atomic E-state index is -0.348. The molecular formula is C19H21N5O3S. The Labute approximate surface area is 167 Å². The molecule has 4 rings (SSSR count). The first-order valence-corrected chi connectivity index (χ1v) is 9.61. The van der Waals surface area contributed by atoms with E-state index in [4.69, 9.17) is 9.57 Å². The summed E-state index contributed by atoms with van der Waals surface area (Å²) in [7, 11) is 0. The number of rotatable bonds is 5. The smallest absolute Gasteiger partial charge is 0.410 e. The topological polar surface area (TPSA) is 85.3 Å². The molecule has 1 amide bonds. The molecule has 0 radical (unpaired) electrons. The van der Waals surface area contributed by atoms with Crippen LogP contribution in [0, 0.1) is 0 Å². The summed E-state index contributed by atoms with van der Waals surface area (Å²) >= 11 is 4.57. The van der Waals surface area contributed by atoms with Crippen molar-refractivity contribution in [3.63, 3.8) is 0 Å². The molecule has 0 bridgehead atoms. The predicted octanol–water partition coefficient (Wildman–Crippen LogP) is 2.72. The first kappa shape index (κ1) is 18.4. The van der Waals surface area contributed by atoms with Gasteiger partial charge in [0, 0.05) is 38.3 Å². The van der Waals surface area contributed by atoms with Crippen molar-refractivity contribution in [1.29, 1.82) is 0 Å². The van der Waals surface area contributed by atoms with Crippen molar-refractivity contribution >= 4 is 18.7 Å². The number of ether oxygens (including phenoxy) is 1. The minimum Gasteiger partial charge on any atom is -0.410 e.